The van der Waals surface area contributed by atoms with Gasteiger partial charge in [-0.15, -0.1) is 0 Å². The van der Waals surface area contributed by atoms with Gasteiger partial charge in [0.25, 0.3) is 0 Å². The predicted molar refractivity (Wildman–Crippen MR) is 23.5 cm³/mol. The molecule has 0 spiro atoms. The normalized spacial score (nSPS) is 5.50. The smallest absolute Gasteiger partial charge is 0.414 e. The van der Waals surface area contributed by atoms with Crippen LogP contribution in [-0.4, -0.2) is 30.6 Å². The molecule has 0 saturated heterocycles. The molecule has 0 aliphatic carbocycles. The summed E-state index contributed by atoms with van der Waals surface area (Å²) in [7, 11) is 0. The quantitative estimate of drug-likeness (QED) is 0.316. The summed E-state index contributed by atoms with van der Waals surface area (Å²) in [6.07, 6.45) is 0. The molecule has 0 heterocycles. The fourth-order valence-electron chi connectivity index (χ4n) is 0. The number of rotatable bonds is 0. The first-order chi connectivity index (χ1) is 2.64. The Morgan fingerprint density at radius 1 is 1.00 bits per heavy atom. The van der Waals surface area contributed by atoms with Crippen LogP contribution in [-0.2, 0) is 9.59 Å². The Bertz CT molecular complexity index is 80.0. The summed E-state index contributed by atoms with van der Waals surface area (Å²) in [6, 6.07) is 0. The van der Waals surface area contributed by atoms with Gasteiger partial charge in [0, 0.05) is 8.41 Å². The standard InChI is InChI=1S/C2H2O4.B.FH/c3-1(4)2(5)6;;/h(H,3,4)(H,5,6);;1H. The number of hydrogen-bond donors (Lipinski definition) is 2. The molecule has 0 unspecified atom stereocenters. The highest BCUT2D eigenvalue weighted by Gasteiger charge is 2.04. The highest BCUT2D eigenvalue weighted by atomic mass is 19.0. The molecule has 2 N–H and O–H groups in total. The third-order valence-corrected chi connectivity index (χ3v) is 0.183. The number of halogens is 1. The molecule has 0 amide bonds. The maximum absolute atomic E-state index is 9.10. The van der Waals surface area contributed by atoms with Gasteiger partial charge in [0.2, 0.25) is 0 Å². The van der Waals surface area contributed by atoms with Crippen molar-refractivity contribution in [2.45, 2.75) is 0 Å². The maximum atomic E-state index is 9.10. The van der Waals surface area contributed by atoms with Gasteiger partial charge >= 0.3 is 11.9 Å². The summed E-state index contributed by atoms with van der Waals surface area (Å²) >= 11 is 0. The van der Waals surface area contributed by atoms with Gasteiger partial charge in [-0.2, -0.15) is 0 Å². The van der Waals surface area contributed by atoms with E-state index in [2.05, 4.69) is 0 Å². The van der Waals surface area contributed by atoms with E-state index < -0.39 is 11.9 Å². The molecule has 0 aromatic carbocycles. The molecule has 3 radical (unpaired) electrons. The van der Waals surface area contributed by atoms with E-state index in [9.17, 15) is 0 Å². The summed E-state index contributed by atoms with van der Waals surface area (Å²) in [6.45, 7) is 0. The number of hydrogen-bond acceptors (Lipinski definition) is 2. The van der Waals surface area contributed by atoms with Crippen LogP contribution in [0.2, 0.25) is 0 Å². The average molecular weight is 121 g/mol. The van der Waals surface area contributed by atoms with Gasteiger partial charge in [-0.1, -0.05) is 0 Å². The molecule has 6 heteroatoms. The van der Waals surface area contributed by atoms with Crippen LogP contribution in [0, 0.1) is 0 Å². The van der Waals surface area contributed by atoms with Crippen molar-refractivity contribution < 1.29 is 24.5 Å². The number of carboxylic acid groups (broad SMARTS) is 2. The molecule has 0 aliphatic heterocycles. The van der Waals surface area contributed by atoms with Crippen molar-refractivity contribution in [3.63, 3.8) is 0 Å². The second-order valence-corrected chi connectivity index (χ2v) is 0.610. The molecule has 0 atom stereocenters. The topological polar surface area (TPSA) is 74.6 Å². The van der Waals surface area contributed by atoms with E-state index in [1.165, 1.54) is 0 Å². The Labute approximate surface area is 46.1 Å². The molecular formula is C2H3BFO4. The van der Waals surface area contributed by atoms with Crippen molar-refractivity contribution in [1.82, 2.24) is 0 Å². The number of aliphatic carboxylic acids is 2. The molecule has 45 valence electrons. The van der Waals surface area contributed by atoms with E-state index in [0.29, 0.717) is 0 Å². The molecule has 0 bridgehead atoms. The predicted octanol–water partition coefficient (Wildman–Crippen LogP) is -1.07. The third-order valence-electron chi connectivity index (χ3n) is 0.183. The van der Waals surface area contributed by atoms with Crippen LogP contribution in [0.25, 0.3) is 0 Å². The Morgan fingerprint density at radius 3 is 1.12 bits per heavy atom. The van der Waals surface area contributed by atoms with Gasteiger partial charge in [0.05, 0.1) is 0 Å². The Morgan fingerprint density at radius 2 is 1.12 bits per heavy atom. The van der Waals surface area contributed by atoms with Gasteiger partial charge in [-0.05, 0) is 0 Å². The zero-order valence-electron chi connectivity index (χ0n) is 3.70. The lowest BCUT2D eigenvalue weighted by Crippen LogP contribution is -2.09. The van der Waals surface area contributed by atoms with E-state index in [-0.39, 0.29) is 13.1 Å². The highest BCUT2D eigenvalue weighted by molar-refractivity contribution is 6.27. The van der Waals surface area contributed by atoms with E-state index in [1.807, 2.05) is 0 Å². The van der Waals surface area contributed by atoms with E-state index in [1.54, 1.807) is 0 Å². The molecule has 0 aliphatic rings. The summed E-state index contributed by atoms with van der Waals surface area (Å²) in [5, 5.41) is 14.8. The average Bonchev–Trinajstić information content (AvgIpc) is 1.36. The van der Waals surface area contributed by atoms with Crippen molar-refractivity contribution in [3.8, 4) is 0 Å². The van der Waals surface area contributed by atoms with Crippen LogP contribution in [0.4, 0.5) is 4.70 Å². The monoisotopic (exact) mass is 121 g/mol. The fourth-order valence-corrected chi connectivity index (χ4v) is 0. The van der Waals surface area contributed by atoms with Crippen LogP contribution in [0.15, 0.2) is 0 Å². The lowest BCUT2D eigenvalue weighted by atomic mass is 10.7. The van der Waals surface area contributed by atoms with Crippen molar-refractivity contribution >= 4 is 20.4 Å². The maximum Gasteiger partial charge on any atom is 0.414 e. The van der Waals surface area contributed by atoms with Gasteiger partial charge in [-0.3, -0.25) is 4.70 Å². The Kier molecular flexibility index (Phi) is 11.7. The van der Waals surface area contributed by atoms with Crippen molar-refractivity contribution in [3.05, 3.63) is 0 Å². The van der Waals surface area contributed by atoms with Gasteiger partial charge in [-0.25, -0.2) is 9.59 Å². The molecule has 0 saturated carbocycles. The number of carbonyl (C=O) groups is 2. The molecule has 0 aromatic heterocycles. The largest absolute Gasteiger partial charge is 0.473 e. The fraction of sp³-hybridized carbons (Fsp3) is 0. The SMILES string of the molecule is F.O=C(O)C(=O)O.[B]. The first-order valence-corrected chi connectivity index (χ1v) is 1.11. The first kappa shape index (κ1) is 15.8. The molecule has 0 rings (SSSR count). The molecular weight excluding hydrogens is 118 g/mol. The highest BCUT2D eigenvalue weighted by Crippen LogP contribution is 1.56. The van der Waals surface area contributed by atoms with Crippen LogP contribution in [0.3, 0.4) is 0 Å². The minimum absolute atomic E-state index is 0. The molecule has 8 heavy (non-hydrogen) atoms. The minimum atomic E-state index is -1.82. The molecule has 4 nitrogen and oxygen atoms in total. The van der Waals surface area contributed by atoms with Crippen LogP contribution in [0.5, 0.6) is 0 Å². The molecule has 0 aromatic rings. The van der Waals surface area contributed by atoms with E-state index >= 15 is 0 Å². The van der Waals surface area contributed by atoms with Gasteiger partial charge in [0.1, 0.15) is 0 Å². The van der Waals surface area contributed by atoms with E-state index in [0.717, 1.165) is 0 Å². The van der Waals surface area contributed by atoms with Crippen molar-refractivity contribution in [2.75, 3.05) is 0 Å². The van der Waals surface area contributed by atoms with Crippen molar-refractivity contribution in [1.29, 1.82) is 0 Å². The lowest BCUT2D eigenvalue weighted by Gasteiger charge is -1.72. The summed E-state index contributed by atoms with van der Waals surface area (Å²) < 4.78 is 0. The van der Waals surface area contributed by atoms with Gasteiger partial charge < -0.3 is 10.2 Å². The van der Waals surface area contributed by atoms with Crippen molar-refractivity contribution in [2.24, 2.45) is 0 Å². The zero-order valence-corrected chi connectivity index (χ0v) is 3.70. The molecule has 0 fully saturated rings. The summed E-state index contributed by atoms with van der Waals surface area (Å²) in [5.41, 5.74) is 0. The van der Waals surface area contributed by atoms with Crippen LogP contribution < -0.4 is 0 Å². The Hall–Kier alpha value is -1.07. The third kappa shape index (κ3) is 8.87. The first-order valence-electron chi connectivity index (χ1n) is 1.11. The second-order valence-electron chi connectivity index (χ2n) is 0.610. The van der Waals surface area contributed by atoms with Gasteiger partial charge in [0.15, 0.2) is 0 Å². The van der Waals surface area contributed by atoms with Crippen LogP contribution in [0.1, 0.15) is 0 Å². The summed E-state index contributed by atoms with van der Waals surface area (Å²) in [4.78, 5) is 18.2. The second kappa shape index (κ2) is 5.93. The zero-order chi connectivity index (χ0) is 5.15. The van der Waals surface area contributed by atoms with Crippen LogP contribution >= 0.6 is 0 Å². The Balaban J connectivity index is -0.000000125. The summed E-state index contributed by atoms with van der Waals surface area (Å²) in [5.74, 6) is -3.65. The lowest BCUT2D eigenvalue weighted by molar-refractivity contribution is -0.159. The minimum Gasteiger partial charge on any atom is -0.473 e. The van der Waals surface area contributed by atoms with E-state index in [4.69, 9.17) is 19.8 Å². The number of carboxylic acids is 2.